The van der Waals surface area contributed by atoms with E-state index in [0.717, 1.165) is 0 Å². The number of alkyl halides is 1. The van der Waals surface area contributed by atoms with Crippen LogP contribution in [0.1, 0.15) is 0 Å². The van der Waals surface area contributed by atoms with Crippen molar-refractivity contribution in [3.05, 3.63) is 0 Å². The fourth-order valence-corrected chi connectivity index (χ4v) is 1.42. The van der Waals surface area contributed by atoms with Gasteiger partial charge in [0.25, 0.3) is 0 Å². The van der Waals surface area contributed by atoms with Crippen molar-refractivity contribution in [2.45, 2.75) is 30.6 Å². The van der Waals surface area contributed by atoms with Gasteiger partial charge in [-0.3, -0.25) is 4.99 Å². The number of halogens is 1. The maximum atomic E-state index is 10.9. The molecule has 1 fully saturated rings. The van der Waals surface area contributed by atoms with E-state index >= 15 is 0 Å². The Kier molecular flexibility index (Phi) is 7.64. The average Bonchev–Trinajstić information content (AvgIpc) is 2.29. The Hall–Kier alpha value is 0.0700. The number of nitrogens with zero attached hydrogens (tertiary/aromatic N) is 1. The summed E-state index contributed by atoms with van der Waals surface area (Å²) in [4.78, 5) is 14.0. The quantitative estimate of drug-likeness (QED) is 0.175. The number of aliphatic hydroxyl groups excluding tert-OH is 3. The van der Waals surface area contributed by atoms with Crippen molar-refractivity contribution in [2.75, 3.05) is 5.88 Å². The summed E-state index contributed by atoms with van der Waals surface area (Å²) in [5, 5.41) is 47.7. The number of hydrogen-bond acceptors (Lipinski definition) is 7. The first-order valence-corrected chi connectivity index (χ1v) is 5.14. The minimum absolute atomic E-state index is 0. The van der Waals surface area contributed by atoms with Gasteiger partial charge in [0.2, 0.25) is 0 Å². The van der Waals surface area contributed by atoms with Gasteiger partial charge in [-0.15, -0.1) is 11.6 Å². The number of carboxylic acid groups (broad SMARTS) is 1. The monoisotopic (exact) mass is 291 g/mol. The fourth-order valence-electron chi connectivity index (χ4n) is 1.35. The van der Waals surface area contributed by atoms with Gasteiger partial charge in [-0.1, -0.05) is 0 Å². The van der Waals surface area contributed by atoms with Gasteiger partial charge < -0.3 is 30.3 Å². The molecule has 1 aliphatic heterocycles. The molecule has 0 aromatic heterocycles. The summed E-state index contributed by atoms with van der Waals surface area (Å²) >= 11 is 5.17. The SMILES string of the molecule is O=C(O)[C@H]1O[C@@H](N=C([O-])CCl)[C@H](O)[C@@H](O)[C@@H]1O.[Na+]. The first-order valence-electron chi connectivity index (χ1n) is 4.60. The Morgan fingerprint density at radius 2 is 1.83 bits per heavy atom. The smallest absolute Gasteiger partial charge is 0.861 e. The molecule has 0 spiro atoms. The van der Waals surface area contributed by atoms with Gasteiger partial charge >= 0.3 is 35.5 Å². The van der Waals surface area contributed by atoms with Crippen molar-refractivity contribution in [3.8, 4) is 0 Å². The summed E-state index contributed by atoms with van der Waals surface area (Å²) in [7, 11) is 0. The number of hydrogen-bond donors (Lipinski definition) is 4. The van der Waals surface area contributed by atoms with Crippen LogP contribution in [0.25, 0.3) is 0 Å². The largest absolute Gasteiger partial charge is 1.00 e. The zero-order chi connectivity index (χ0) is 13.2. The van der Waals surface area contributed by atoms with Crippen LogP contribution in [0.3, 0.4) is 0 Å². The van der Waals surface area contributed by atoms with E-state index in [1.54, 1.807) is 0 Å². The maximum absolute atomic E-state index is 10.9. The molecule has 0 radical (unpaired) electrons. The zero-order valence-corrected chi connectivity index (χ0v) is 12.2. The molecule has 0 aromatic rings. The van der Waals surface area contributed by atoms with Crippen LogP contribution in [0.2, 0.25) is 0 Å². The summed E-state index contributed by atoms with van der Waals surface area (Å²) in [6, 6.07) is 0. The first-order chi connectivity index (χ1) is 7.88. The molecule has 8 nitrogen and oxygen atoms in total. The Balaban J connectivity index is 0.00000289. The Morgan fingerprint density at radius 3 is 2.28 bits per heavy atom. The average molecular weight is 292 g/mol. The third-order valence-corrected chi connectivity index (χ3v) is 2.45. The fraction of sp³-hybridized carbons (Fsp3) is 0.750. The van der Waals surface area contributed by atoms with Gasteiger partial charge in [0.15, 0.2) is 12.3 Å². The van der Waals surface area contributed by atoms with Crippen LogP contribution in [0.4, 0.5) is 0 Å². The van der Waals surface area contributed by atoms with Gasteiger partial charge in [-0.05, 0) is 5.90 Å². The van der Waals surface area contributed by atoms with E-state index in [0.29, 0.717) is 0 Å². The van der Waals surface area contributed by atoms with Crippen LogP contribution in [0.15, 0.2) is 4.99 Å². The summed E-state index contributed by atoms with van der Waals surface area (Å²) in [6.45, 7) is 0. The molecule has 1 heterocycles. The third kappa shape index (κ3) is 4.04. The molecule has 0 unspecified atom stereocenters. The number of aliphatic hydroxyl groups is 3. The number of aliphatic carboxylic acids is 1. The molecule has 0 amide bonds. The second kappa shape index (κ2) is 7.61. The van der Waals surface area contributed by atoms with Crippen LogP contribution in [-0.4, -0.2) is 68.8 Å². The Labute approximate surface area is 129 Å². The van der Waals surface area contributed by atoms with Gasteiger partial charge in [0.05, 0.1) is 5.88 Å². The summed E-state index contributed by atoms with van der Waals surface area (Å²) in [6.07, 6.45) is -8.62. The minimum Gasteiger partial charge on any atom is -0.861 e. The normalized spacial score (nSPS) is 36.9. The Bertz CT molecular complexity index is 329. The molecule has 1 saturated heterocycles. The van der Waals surface area contributed by atoms with E-state index in [-0.39, 0.29) is 29.6 Å². The molecule has 0 bridgehead atoms. The standard InChI is InChI=1S/C8H12ClNO7.Na/c9-1-2(11)10-7-5(14)3(12)4(13)6(17-7)8(15)16;/h3-7,12-14H,1H2,(H,10,11)(H,15,16);/q;+1/p-1/t3-,4-,5+,6-,7+;/m0./s1. The van der Waals surface area contributed by atoms with Crippen molar-refractivity contribution < 1.29 is 64.6 Å². The molecule has 18 heavy (non-hydrogen) atoms. The van der Waals surface area contributed by atoms with Gasteiger partial charge in [0.1, 0.15) is 18.3 Å². The molecule has 0 aliphatic carbocycles. The van der Waals surface area contributed by atoms with E-state index in [4.69, 9.17) is 21.4 Å². The second-order valence-electron chi connectivity index (χ2n) is 3.41. The zero-order valence-electron chi connectivity index (χ0n) is 9.43. The maximum Gasteiger partial charge on any atom is 1.00 e. The van der Waals surface area contributed by atoms with Crippen LogP contribution in [-0.2, 0) is 9.53 Å². The first kappa shape index (κ1) is 18.1. The van der Waals surface area contributed by atoms with Gasteiger partial charge in [0, 0.05) is 0 Å². The predicted molar refractivity (Wildman–Crippen MR) is 52.5 cm³/mol. The van der Waals surface area contributed by atoms with Crippen molar-refractivity contribution >= 4 is 23.5 Å². The van der Waals surface area contributed by atoms with Crippen molar-refractivity contribution in [1.82, 2.24) is 0 Å². The second-order valence-corrected chi connectivity index (χ2v) is 3.68. The molecule has 0 saturated carbocycles. The summed E-state index contributed by atoms with van der Waals surface area (Å²) in [5.74, 6) is -2.84. The molecular formula is C8H11ClNNaO7. The van der Waals surface area contributed by atoms with E-state index in [1.807, 2.05) is 0 Å². The van der Waals surface area contributed by atoms with E-state index in [2.05, 4.69) is 4.99 Å². The van der Waals surface area contributed by atoms with Crippen molar-refractivity contribution in [2.24, 2.45) is 4.99 Å². The van der Waals surface area contributed by atoms with E-state index in [9.17, 15) is 25.2 Å². The molecular weight excluding hydrogens is 281 g/mol. The third-order valence-electron chi connectivity index (χ3n) is 2.22. The minimum atomic E-state index is -1.81. The molecule has 1 aliphatic rings. The van der Waals surface area contributed by atoms with Gasteiger partial charge in [-0.2, -0.15) is 0 Å². The molecule has 98 valence electrons. The van der Waals surface area contributed by atoms with Crippen molar-refractivity contribution in [1.29, 1.82) is 0 Å². The topological polar surface area (TPSA) is 143 Å². The molecule has 10 heteroatoms. The number of carbonyl (C=O) groups is 1. The molecule has 5 atom stereocenters. The summed E-state index contributed by atoms with van der Waals surface area (Å²) in [5.41, 5.74) is 0. The van der Waals surface area contributed by atoms with Gasteiger partial charge in [-0.25, -0.2) is 4.79 Å². The number of ether oxygens (including phenoxy) is 1. The molecule has 0 aromatic carbocycles. The summed E-state index contributed by atoms with van der Waals surface area (Å²) < 4.78 is 4.71. The number of rotatable bonds is 3. The van der Waals surface area contributed by atoms with E-state index < -0.39 is 48.4 Å². The Morgan fingerprint density at radius 1 is 1.28 bits per heavy atom. The predicted octanol–water partition coefficient (Wildman–Crippen LogP) is -6.12. The van der Waals surface area contributed by atoms with Crippen LogP contribution in [0, 0.1) is 0 Å². The van der Waals surface area contributed by atoms with Crippen molar-refractivity contribution in [3.63, 3.8) is 0 Å². The number of aliphatic imine (C=N–C) groups is 1. The molecule has 4 N–H and O–H groups in total. The molecule has 1 rings (SSSR count). The number of carboxylic acids is 1. The van der Waals surface area contributed by atoms with Crippen LogP contribution >= 0.6 is 11.6 Å². The van der Waals surface area contributed by atoms with E-state index in [1.165, 1.54) is 0 Å². The van der Waals surface area contributed by atoms with Crippen LogP contribution < -0.4 is 34.7 Å². The van der Waals surface area contributed by atoms with Crippen LogP contribution in [0.5, 0.6) is 0 Å².